The van der Waals surface area contributed by atoms with E-state index in [1.165, 1.54) is 18.1 Å². The lowest BCUT2D eigenvalue weighted by atomic mass is 9.89. The molecule has 0 radical (unpaired) electrons. The fraction of sp³-hybridized carbons (Fsp3) is 0.500. The molecule has 1 unspecified atom stereocenters. The predicted molar refractivity (Wildman–Crippen MR) is 76.5 cm³/mol. The molecule has 1 aromatic carbocycles. The zero-order valence-electron chi connectivity index (χ0n) is 12.2. The second-order valence-electron chi connectivity index (χ2n) is 5.71. The first kappa shape index (κ1) is 14.6. The summed E-state index contributed by atoms with van der Waals surface area (Å²) in [6.45, 7) is 6.91. The van der Waals surface area contributed by atoms with Crippen molar-refractivity contribution in [2.45, 2.75) is 39.7 Å². The Morgan fingerprint density at radius 1 is 1.25 bits per heavy atom. The van der Waals surface area contributed by atoms with Gasteiger partial charge in [0.05, 0.1) is 0 Å². The summed E-state index contributed by atoms with van der Waals surface area (Å²) >= 11 is 0. The number of aliphatic carboxylic acids is 1. The van der Waals surface area contributed by atoms with Crippen molar-refractivity contribution < 1.29 is 14.7 Å². The van der Waals surface area contributed by atoms with Gasteiger partial charge < -0.3 is 10.0 Å². The second kappa shape index (κ2) is 5.65. The van der Waals surface area contributed by atoms with Crippen molar-refractivity contribution in [1.29, 1.82) is 0 Å². The molecule has 1 N–H and O–H groups in total. The van der Waals surface area contributed by atoms with E-state index in [4.69, 9.17) is 5.11 Å². The monoisotopic (exact) mass is 275 g/mol. The van der Waals surface area contributed by atoms with Gasteiger partial charge in [0.1, 0.15) is 5.92 Å². The van der Waals surface area contributed by atoms with E-state index >= 15 is 0 Å². The van der Waals surface area contributed by atoms with Gasteiger partial charge in [0.15, 0.2) is 0 Å². The quantitative estimate of drug-likeness (QED) is 0.862. The first-order valence-corrected chi connectivity index (χ1v) is 7.04. The molecule has 1 aliphatic heterocycles. The molecule has 0 saturated carbocycles. The Morgan fingerprint density at radius 2 is 1.95 bits per heavy atom. The van der Waals surface area contributed by atoms with Crippen LogP contribution in [-0.4, -0.2) is 28.4 Å². The van der Waals surface area contributed by atoms with Crippen LogP contribution < -0.4 is 0 Å². The van der Waals surface area contributed by atoms with Crippen molar-refractivity contribution in [2.24, 2.45) is 5.92 Å². The number of carboxylic acid groups (broad SMARTS) is 1. The van der Waals surface area contributed by atoms with Gasteiger partial charge in [-0.25, -0.2) is 0 Å². The molecular weight excluding hydrogens is 254 g/mol. The Hall–Kier alpha value is -1.84. The topological polar surface area (TPSA) is 57.6 Å². The largest absolute Gasteiger partial charge is 0.481 e. The Morgan fingerprint density at radius 3 is 2.55 bits per heavy atom. The zero-order valence-corrected chi connectivity index (χ0v) is 12.2. The summed E-state index contributed by atoms with van der Waals surface area (Å²) < 4.78 is 0. The minimum Gasteiger partial charge on any atom is -0.481 e. The zero-order chi connectivity index (χ0) is 14.9. The Labute approximate surface area is 119 Å². The second-order valence-corrected chi connectivity index (χ2v) is 5.71. The maximum atomic E-state index is 12.1. The molecule has 0 bridgehead atoms. The van der Waals surface area contributed by atoms with Crippen LogP contribution in [0.4, 0.5) is 0 Å². The van der Waals surface area contributed by atoms with Gasteiger partial charge in [0.2, 0.25) is 5.91 Å². The normalized spacial score (nSPS) is 15.9. The molecule has 1 aromatic rings. The molecule has 1 heterocycles. The van der Waals surface area contributed by atoms with Crippen LogP contribution >= 0.6 is 0 Å². The van der Waals surface area contributed by atoms with E-state index in [0.717, 1.165) is 12.0 Å². The summed E-state index contributed by atoms with van der Waals surface area (Å²) in [5, 5.41) is 8.95. The number of hydrogen-bond donors (Lipinski definition) is 1. The highest BCUT2D eigenvalue weighted by molar-refractivity contribution is 5.96. The van der Waals surface area contributed by atoms with Crippen molar-refractivity contribution in [3.63, 3.8) is 0 Å². The molecule has 0 spiro atoms. The molecule has 1 aliphatic rings. The lowest BCUT2D eigenvalue weighted by Crippen LogP contribution is -2.41. The van der Waals surface area contributed by atoms with E-state index in [-0.39, 0.29) is 5.91 Å². The molecule has 0 fully saturated rings. The van der Waals surface area contributed by atoms with Gasteiger partial charge in [-0.2, -0.15) is 0 Å². The van der Waals surface area contributed by atoms with E-state index in [0.29, 0.717) is 19.0 Å². The molecule has 20 heavy (non-hydrogen) atoms. The van der Waals surface area contributed by atoms with Crippen LogP contribution in [0.2, 0.25) is 0 Å². The molecule has 4 nitrogen and oxygen atoms in total. The Balaban J connectivity index is 2.22. The molecule has 2 rings (SSSR count). The lowest BCUT2D eigenvalue weighted by Gasteiger charge is -2.32. The molecule has 0 aromatic heterocycles. The summed E-state index contributed by atoms with van der Waals surface area (Å²) in [7, 11) is 0. The third-order valence-corrected chi connectivity index (χ3v) is 3.98. The van der Waals surface area contributed by atoms with Gasteiger partial charge in [-0.3, -0.25) is 9.59 Å². The number of rotatable bonds is 3. The first-order valence-electron chi connectivity index (χ1n) is 7.04. The Bertz CT molecular complexity index is 537. The SMILES string of the molecule is CC(C(=O)O)C(=O)N1CCc2c(cccc2C(C)C)C1. The minimum absolute atomic E-state index is 0.293. The molecule has 4 heteroatoms. The highest BCUT2D eigenvalue weighted by atomic mass is 16.4. The van der Waals surface area contributed by atoms with Crippen LogP contribution in [0.5, 0.6) is 0 Å². The summed E-state index contributed by atoms with van der Waals surface area (Å²) in [6, 6.07) is 6.19. The van der Waals surface area contributed by atoms with Crippen LogP contribution in [0.1, 0.15) is 43.4 Å². The average Bonchev–Trinajstić information content (AvgIpc) is 2.44. The third kappa shape index (κ3) is 2.69. The molecular formula is C16H21NO3. The minimum atomic E-state index is -1.06. The van der Waals surface area contributed by atoms with Crippen molar-refractivity contribution in [2.75, 3.05) is 6.54 Å². The van der Waals surface area contributed by atoms with Gasteiger partial charge in [-0.05, 0) is 36.0 Å². The molecule has 0 saturated heterocycles. The maximum absolute atomic E-state index is 12.1. The van der Waals surface area contributed by atoms with Crippen LogP contribution in [0.25, 0.3) is 0 Å². The summed E-state index contributed by atoms with van der Waals surface area (Å²) in [5.41, 5.74) is 3.81. The number of benzene rings is 1. The van der Waals surface area contributed by atoms with E-state index in [2.05, 4.69) is 19.9 Å². The van der Waals surface area contributed by atoms with Crippen molar-refractivity contribution in [1.82, 2.24) is 4.90 Å². The van der Waals surface area contributed by atoms with Crippen LogP contribution in [0, 0.1) is 5.92 Å². The van der Waals surface area contributed by atoms with E-state index < -0.39 is 11.9 Å². The van der Waals surface area contributed by atoms with E-state index in [1.54, 1.807) is 4.90 Å². The fourth-order valence-corrected chi connectivity index (χ4v) is 2.75. The van der Waals surface area contributed by atoms with Crippen LogP contribution in [0.3, 0.4) is 0 Å². The molecule has 0 aliphatic carbocycles. The third-order valence-electron chi connectivity index (χ3n) is 3.98. The van der Waals surface area contributed by atoms with Gasteiger partial charge in [0.25, 0.3) is 0 Å². The average molecular weight is 275 g/mol. The number of amides is 1. The van der Waals surface area contributed by atoms with Crippen molar-refractivity contribution in [3.05, 3.63) is 34.9 Å². The fourth-order valence-electron chi connectivity index (χ4n) is 2.75. The van der Waals surface area contributed by atoms with E-state index in [9.17, 15) is 9.59 Å². The van der Waals surface area contributed by atoms with E-state index in [1.807, 2.05) is 12.1 Å². The molecule has 1 amide bonds. The number of carbonyl (C=O) groups excluding carboxylic acids is 1. The lowest BCUT2D eigenvalue weighted by molar-refractivity contribution is -0.150. The highest BCUT2D eigenvalue weighted by Gasteiger charge is 2.29. The number of carboxylic acids is 1. The predicted octanol–water partition coefficient (Wildman–Crippen LogP) is 2.42. The van der Waals surface area contributed by atoms with Gasteiger partial charge in [0, 0.05) is 13.1 Å². The number of hydrogen-bond acceptors (Lipinski definition) is 2. The van der Waals surface area contributed by atoms with Crippen LogP contribution in [0.15, 0.2) is 18.2 Å². The summed E-state index contributed by atoms with van der Waals surface area (Å²) in [6.07, 6.45) is 0.807. The van der Waals surface area contributed by atoms with Gasteiger partial charge >= 0.3 is 5.97 Å². The van der Waals surface area contributed by atoms with Crippen LogP contribution in [-0.2, 0) is 22.6 Å². The summed E-state index contributed by atoms with van der Waals surface area (Å²) in [4.78, 5) is 24.7. The number of carbonyl (C=O) groups is 2. The highest BCUT2D eigenvalue weighted by Crippen LogP contribution is 2.28. The van der Waals surface area contributed by atoms with Crippen molar-refractivity contribution >= 4 is 11.9 Å². The standard InChI is InChI=1S/C16H21NO3/c1-10(2)13-6-4-5-12-9-17(8-7-14(12)13)15(18)11(3)16(19)20/h4-6,10-11H,7-9H2,1-3H3,(H,19,20). The number of fused-ring (bicyclic) bond motifs is 1. The van der Waals surface area contributed by atoms with Crippen molar-refractivity contribution in [3.8, 4) is 0 Å². The maximum Gasteiger partial charge on any atom is 0.315 e. The number of nitrogens with zero attached hydrogens (tertiary/aromatic N) is 1. The molecule has 1 atom stereocenters. The van der Waals surface area contributed by atoms with Gasteiger partial charge in [-0.15, -0.1) is 0 Å². The smallest absolute Gasteiger partial charge is 0.315 e. The Kier molecular flexibility index (Phi) is 4.12. The summed E-state index contributed by atoms with van der Waals surface area (Å²) in [5.74, 6) is -1.86. The first-order chi connectivity index (χ1) is 9.41. The van der Waals surface area contributed by atoms with Gasteiger partial charge in [-0.1, -0.05) is 32.0 Å². The molecule has 108 valence electrons.